The van der Waals surface area contributed by atoms with Crippen molar-refractivity contribution in [3.8, 4) is 5.75 Å². The van der Waals surface area contributed by atoms with Crippen LogP contribution in [-0.2, 0) is 4.79 Å². The molecule has 25 heavy (non-hydrogen) atoms. The van der Waals surface area contributed by atoms with Gasteiger partial charge in [-0.05, 0) is 18.2 Å². The molecule has 1 saturated heterocycles. The van der Waals surface area contributed by atoms with Crippen molar-refractivity contribution in [1.29, 1.82) is 0 Å². The number of carbonyl (C=O) groups excluding carboxylic acids is 1. The molecule has 1 atom stereocenters. The molecule has 1 aliphatic rings. The maximum atomic E-state index is 12.8. The number of rotatable bonds is 5. The van der Waals surface area contributed by atoms with Gasteiger partial charge in [-0.3, -0.25) is 4.79 Å². The number of ether oxygens (including phenoxy) is 1. The zero-order valence-corrected chi connectivity index (χ0v) is 15.8. The van der Waals surface area contributed by atoms with Gasteiger partial charge in [0.15, 0.2) is 0 Å². The van der Waals surface area contributed by atoms with Crippen LogP contribution in [0.15, 0.2) is 59.5 Å². The number of hydrogen-bond donors (Lipinski definition) is 1. The number of hydrogen-bond acceptors (Lipinski definition) is 4. The Morgan fingerprint density at radius 3 is 2.68 bits per heavy atom. The van der Waals surface area contributed by atoms with Crippen molar-refractivity contribution in [2.45, 2.75) is 10.9 Å². The largest absolute Gasteiger partial charge is 0.496 e. The van der Waals surface area contributed by atoms with Crippen molar-refractivity contribution in [2.75, 3.05) is 32.5 Å². The molecule has 2 aromatic carbocycles. The number of nitrogens with zero attached hydrogens (tertiary/aromatic N) is 1. The van der Waals surface area contributed by atoms with Crippen LogP contribution in [0.25, 0.3) is 0 Å². The van der Waals surface area contributed by atoms with Gasteiger partial charge in [-0.15, -0.1) is 24.2 Å². The second-order valence-electron chi connectivity index (χ2n) is 5.65. The average molecular weight is 379 g/mol. The number of amides is 1. The fourth-order valence-electron chi connectivity index (χ4n) is 2.97. The normalized spacial score (nSPS) is 16.8. The second-order valence-corrected chi connectivity index (χ2v) is 6.70. The van der Waals surface area contributed by atoms with Crippen LogP contribution in [-0.4, -0.2) is 43.3 Å². The molecule has 0 bridgehead atoms. The molecule has 1 fully saturated rings. The fraction of sp³-hybridized carbons (Fsp3) is 0.316. The summed E-state index contributed by atoms with van der Waals surface area (Å²) in [6.45, 7) is 2.30. The van der Waals surface area contributed by atoms with E-state index in [1.54, 1.807) is 18.9 Å². The Hall–Kier alpha value is -1.69. The van der Waals surface area contributed by atoms with Crippen LogP contribution in [0.5, 0.6) is 5.75 Å². The van der Waals surface area contributed by atoms with E-state index < -0.39 is 0 Å². The highest BCUT2D eigenvalue weighted by atomic mass is 35.5. The first kappa shape index (κ1) is 19.6. The van der Waals surface area contributed by atoms with Gasteiger partial charge >= 0.3 is 0 Å². The van der Waals surface area contributed by atoms with E-state index >= 15 is 0 Å². The number of methoxy groups -OCH3 is 1. The van der Waals surface area contributed by atoms with E-state index in [1.807, 2.05) is 59.5 Å². The Morgan fingerprint density at radius 1 is 1.20 bits per heavy atom. The zero-order valence-electron chi connectivity index (χ0n) is 14.2. The molecule has 4 nitrogen and oxygen atoms in total. The molecule has 1 unspecified atom stereocenters. The van der Waals surface area contributed by atoms with Gasteiger partial charge in [0, 0.05) is 30.1 Å². The monoisotopic (exact) mass is 378 g/mol. The van der Waals surface area contributed by atoms with Gasteiger partial charge in [0.1, 0.15) is 5.75 Å². The molecule has 1 amide bonds. The predicted octanol–water partition coefficient (Wildman–Crippen LogP) is 3.38. The summed E-state index contributed by atoms with van der Waals surface area (Å²) in [5.41, 5.74) is 1.06. The van der Waals surface area contributed by atoms with Crippen molar-refractivity contribution in [3.05, 3.63) is 60.2 Å². The Kier molecular flexibility index (Phi) is 7.62. The third-order valence-electron chi connectivity index (χ3n) is 4.17. The predicted molar refractivity (Wildman–Crippen MR) is 105 cm³/mol. The molecule has 134 valence electrons. The van der Waals surface area contributed by atoms with Crippen molar-refractivity contribution in [2.24, 2.45) is 0 Å². The van der Waals surface area contributed by atoms with Crippen LogP contribution >= 0.6 is 24.2 Å². The SMILES string of the molecule is COc1ccccc1C1CNCCN1C(=O)CSc1ccccc1.Cl. The fourth-order valence-corrected chi connectivity index (χ4v) is 3.77. The summed E-state index contributed by atoms with van der Waals surface area (Å²) >= 11 is 1.59. The molecular formula is C19H23ClN2O2S. The summed E-state index contributed by atoms with van der Waals surface area (Å²) < 4.78 is 5.48. The number of halogens is 1. The smallest absolute Gasteiger partial charge is 0.233 e. The molecule has 0 aromatic heterocycles. The Bertz CT molecular complexity index is 684. The lowest BCUT2D eigenvalue weighted by atomic mass is 10.0. The van der Waals surface area contributed by atoms with Crippen LogP contribution < -0.4 is 10.1 Å². The third-order valence-corrected chi connectivity index (χ3v) is 5.16. The lowest BCUT2D eigenvalue weighted by Gasteiger charge is -2.37. The van der Waals surface area contributed by atoms with Crippen LogP contribution in [0, 0.1) is 0 Å². The molecule has 3 rings (SSSR count). The molecule has 0 spiro atoms. The van der Waals surface area contributed by atoms with Crippen LogP contribution in [0.3, 0.4) is 0 Å². The van der Waals surface area contributed by atoms with Crippen molar-refractivity contribution in [3.63, 3.8) is 0 Å². The highest BCUT2D eigenvalue weighted by Crippen LogP contribution is 2.31. The molecule has 0 saturated carbocycles. The molecule has 0 radical (unpaired) electrons. The zero-order chi connectivity index (χ0) is 16.8. The molecule has 6 heteroatoms. The van der Waals surface area contributed by atoms with E-state index in [2.05, 4.69) is 5.32 Å². The topological polar surface area (TPSA) is 41.6 Å². The van der Waals surface area contributed by atoms with E-state index in [-0.39, 0.29) is 24.4 Å². The van der Waals surface area contributed by atoms with Crippen LogP contribution in [0.1, 0.15) is 11.6 Å². The van der Waals surface area contributed by atoms with Gasteiger partial charge in [-0.1, -0.05) is 36.4 Å². The minimum absolute atomic E-state index is 0. The van der Waals surface area contributed by atoms with Gasteiger partial charge < -0.3 is 15.0 Å². The maximum Gasteiger partial charge on any atom is 0.233 e. The van der Waals surface area contributed by atoms with Gasteiger partial charge in [0.25, 0.3) is 0 Å². The van der Waals surface area contributed by atoms with Crippen molar-refractivity contribution < 1.29 is 9.53 Å². The summed E-state index contributed by atoms with van der Waals surface area (Å²) in [7, 11) is 1.67. The number of piperazine rings is 1. The summed E-state index contributed by atoms with van der Waals surface area (Å²) in [6, 6.07) is 18.0. The lowest BCUT2D eigenvalue weighted by Crippen LogP contribution is -2.49. The summed E-state index contributed by atoms with van der Waals surface area (Å²) in [4.78, 5) is 15.9. The minimum atomic E-state index is 0. The molecular weight excluding hydrogens is 356 g/mol. The first-order chi connectivity index (χ1) is 11.8. The minimum Gasteiger partial charge on any atom is -0.496 e. The molecule has 1 heterocycles. The Morgan fingerprint density at radius 2 is 1.92 bits per heavy atom. The van der Waals surface area contributed by atoms with Crippen molar-refractivity contribution >= 4 is 30.1 Å². The third kappa shape index (κ3) is 4.91. The highest BCUT2D eigenvalue weighted by molar-refractivity contribution is 8.00. The van der Waals surface area contributed by atoms with Gasteiger partial charge in [-0.2, -0.15) is 0 Å². The van der Waals surface area contributed by atoms with E-state index in [9.17, 15) is 4.79 Å². The second kappa shape index (κ2) is 9.70. The molecule has 1 aliphatic heterocycles. The number of thioether (sulfide) groups is 1. The van der Waals surface area contributed by atoms with Gasteiger partial charge in [0.05, 0.1) is 18.9 Å². The van der Waals surface area contributed by atoms with Crippen LogP contribution in [0.2, 0.25) is 0 Å². The Balaban J connectivity index is 0.00000225. The maximum absolute atomic E-state index is 12.8. The number of nitrogens with one attached hydrogen (secondary N) is 1. The molecule has 2 aromatic rings. The van der Waals surface area contributed by atoms with Crippen LogP contribution in [0.4, 0.5) is 0 Å². The van der Waals surface area contributed by atoms with Gasteiger partial charge in [-0.25, -0.2) is 0 Å². The number of para-hydroxylation sites is 1. The first-order valence-electron chi connectivity index (χ1n) is 8.10. The van der Waals surface area contributed by atoms with Crippen molar-refractivity contribution in [1.82, 2.24) is 10.2 Å². The summed E-state index contributed by atoms with van der Waals surface area (Å²) in [5.74, 6) is 1.45. The first-order valence-corrected chi connectivity index (χ1v) is 9.09. The summed E-state index contributed by atoms with van der Waals surface area (Å²) in [6.07, 6.45) is 0. The summed E-state index contributed by atoms with van der Waals surface area (Å²) in [5, 5.41) is 3.39. The van der Waals surface area contributed by atoms with E-state index in [0.29, 0.717) is 5.75 Å². The quantitative estimate of drug-likeness (QED) is 0.810. The number of benzene rings is 2. The standard InChI is InChI=1S/C19H22N2O2S.ClH/c1-23-18-10-6-5-9-16(18)17-13-20-11-12-21(17)19(22)14-24-15-7-3-2-4-8-15;/h2-10,17,20H,11-14H2,1H3;1H. The van der Waals surface area contributed by atoms with E-state index in [0.717, 1.165) is 35.8 Å². The molecule has 0 aliphatic carbocycles. The lowest BCUT2D eigenvalue weighted by molar-refractivity contribution is -0.131. The number of carbonyl (C=O) groups is 1. The average Bonchev–Trinajstić information content (AvgIpc) is 2.67. The van der Waals surface area contributed by atoms with Gasteiger partial charge in [0.2, 0.25) is 5.91 Å². The highest BCUT2D eigenvalue weighted by Gasteiger charge is 2.29. The Labute approximate surface area is 159 Å². The van der Waals surface area contributed by atoms with E-state index in [4.69, 9.17) is 4.74 Å². The molecule has 1 N–H and O–H groups in total. The van der Waals surface area contributed by atoms with E-state index in [1.165, 1.54) is 0 Å².